The maximum absolute atomic E-state index is 12.7. The minimum absolute atomic E-state index is 0.0885. The molecule has 1 amide bonds. The van der Waals surface area contributed by atoms with Gasteiger partial charge in [-0.15, -0.1) is 0 Å². The van der Waals surface area contributed by atoms with Crippen LogP contribution in [0.15, 0.2) is 54.7 Å². The molecule has 3 aromatic rings. The first-order valence-electron chi connectivity index (χ1n) is 6.95. The summed E-state index contributed by atoms with van der Waals surface area (Å²) in [5.41, 5.74) is 1.03. The largest absolute Gasteiger partial charge is 0.416 e. The van der Waals surface area contributed by atoms with Gasteiger partial charge in [0.05, 0.1) is 12.0 Å². The molecule has 0 aliphatic heterocycles. The molecule has 0 saturated heterocycles. The number of halogens is 3. The molecule has 0 fully saturated rings. The van der Waals surface area contributed by atoms with Crippen LogP contribution in [0.3, 0.4) is 0 Å². The molecule has 3 rings (SSSR count). The summed E-state index contributed by atoms with van der Waals surface area (Å²) in [5, 5.41) is 3.53. The van der Waals surface area contributed by atoms with Crippen molar-refractivity contribution >= 4 is 22.5 Å². The molecule has 118 valence electrons. The van der Waals surface area contributed by atoms with E-state index in [1.165, 1.54) is 12.1 Å². The third kappa shape index (κ3) is 3.53. The first-order valence-corrected chi connectivity index (χ1v) is 6.95. The van der Waals surface area contributed by atoms with E-state index in [0.29, 0.717) is 0 Å². The second-order valence-electron chi connectivity index (χ2n) is 5.20. The molecule has 23 heavy (non-hydrogen) atoms. The summed E-state index contributed by atoms with van der Waals surface area (Å²) in [6.07, 6.45) is -2.54. The summed E-state index contributed by atoms with van der Waals surface area (Å²) >= 11 is 0. The minimum atomic E-state index is -4.43. The molecule has 2 N–H and O–H groups in total. The van der Waals surface area contributed by atoms with Gasteiger partial charge in [-0.2, -0.15) is 13.2 Å². The number of carbonyl (C=O) groups excluding carboxylic acids is 1. The lowest BCUT2D eigenvalue weighted by Crippen LogP contribution is -2.15. The van der Waals surface area contributed by atoms with Crippen LogP contribution < -0.4 is 5.32 Å². The average Bonchev–Trinajstić information content (AvgIpc) is 2.94. The summed E-state index contributed by atoms with van der Waals surface area (Å²) in [4.78, 5) is 15.1. The van der Waals surface area contributed by atoms with Gasteiger partial charge in [-0.3, -0.25) is 4.79 Å². The molecule has 3 nitrogen and oxygen atoms in total. The van der Waals surface area contributed by atoms with Gasteiger partial charge in [0.15, 0.2) is 0 Å². The van der Waals surface area contributed by atoms with Crippen molar-refractivity contribution in [3.05, 3.63) is 65.9 Å². The number of fused-ring (bicyclic) bond motifs is 1. The standard InChI is InChI=1S/C17H13F3N2O/c18-17(19,20)13-2-1-3-14(10-13)22-16(23)9-11-4-5-12-6-7-21-15(12)8-11/h1-8,10,21H,9H2,(H,22,23). The molecule has 1 aromatic heterocycles. The van der Waals surface area contributed by atoms with Crippen LogP contribution in [0.5, 0.6) is 0 Å². The molecule has 0 bridgehead atoms. The first-order chi connectivity index (χ1) is 10.9. The van der Waals surface area contributed by atoms with Gasteiger partial charge in [-0.05, 0) is 41.3 Å². The summed E-state index contributed by atoms with van der Waals surface area (Å²) in [7, 11) is 0. The molecule has 0 unspecified atom stereocenters. The second-order valence-corrected chi connectivity index (χ2v) is 5.20. The number of alkyl halides is 3. The minimum Gasteiger partial charge on any atom is -0.361 e. The number of rotatable bonds is 3. The smallest absolute Gasteiger partial charge is 0.361 e. The number of hydrogen-bond donors (Lipinski definition) is 2. The lowest BCUT2D eigenvalue weighted by molar-refractivity contribution is -0.137. The number of amides is 1. The fraction of sp³-hybridized carbons (Fsp3) is 0.118. The Labute approximate surface area is 130 Å². The van der Waals surface area contributed by atoms with Crippen LogP contribution in [0.25, 0.3) is 10.9 Å². The molecule has 0 saturated carbocycles. The zero-order valence-corrected chi connectivity index (χ0v) is 11.9. The van der Waals surface area contributed by atoms with E-state index in [4.69, 9.17) is 0 Å². The van der Waals surface area contributed by atoms with Gasteiger partial charge in [0.1, 0.15) is 0 Å². The van der Waals surface area contributed by atoms with Crippen molar-refractivity contribution in [2.75, 3.05) is 5.32 Å². The van der Waals surface area contributed by atoms with Gasteiger partial charge in [0, 0.05) is 17.4 Å². The number of anilines is 1. The average molecular weight is 318 g/mol. The number of H-pyrrole nitrogens is 1. The fourth-order valence-electron chi connectivity index (χ4n) is 2.37. The Morgan fingerprint density at radius 2 is 1.91 bits per heavy atom. The highest BCUT2D eigenvalue weighted by atomic mass is 19.4. The Balaban J connectivity index is 1.71. The van der Waals surface area contributed by atoms with Crippen molar-refractivity contribution in [2.45, 2.75) is 12.6 Å². The number of nitrogens with one attached hydrogen (secondary N) is 2. The van der Waals surface area contributed by atoms with Gasteiger partial charge >= 0.3 is 6.18 Å². The molecule has 0 spiro atoms. The Morgan fingerprint density at radius 1 is 1.09 bits per heavy atom. The zero-order valence-electron chi connectivity index (χ0n) is 11.9. The van der Waals surface area contributed by atoms with Crippen LogP contribution in [0.2, 0.25) is 0 Å². The van der Waals surface area contributed by atoms with Crippen LogP contribution in [0.4, 0.5) is 18.9 Å². The summed E-state index contributed by atoms with van der Waals surface area (Å²) in [6.45, 7) is 0. The fourth-order valence-corrected chi connectivity index (χ4v) is 2.37. The molecule has 0 aliphatic carbocycles. The van der Waals surface area contributed by atoms with Crippen molar-refractivity contribution in [1.29, 1.82) is 0 Å². The van der Waals surface area contributed by atoms with Gasteiger partial charge in [-0.1, -0.05) is 18.2 Å². The maximum Gasteiger partial charge on any atom is 0.416 e. The molecule has 6 heteroatoms. The number of hydrogen-bond acceptors (Lipinski definition) is 1. The van der Waals surface area contributed by atoms with Crippen molar-refractivity contribution in [2.24, 2.45) is 0 Å². The number of aromatic amines is 1. The van der Waals surface area contributed by atoms with Gasteiger partial charge in [0.2, 0.25) is 5.91 Å². The Morgan fingerprint density at radius 3 is 2.70 bits per heavy atom. The predicted octanol–water partition coefficient (Wildman–Crippen LogP) is 4.37. The molecule has 0 radical (unpaired) electrons. The third-order valence-electron chi connectivity index (χ3n) is 3.46. The zero-order chi connectivity index (χ0) is 16.4. The molecule has 2 aromatic carbocycles. The van der Waals surface area contributed by atoms with Gasteiger partial charge in [-0.25, -0.2) is 0 Å². The van der Waals surface area contributed by atoms with Crippen LogP contribution >= 0.6 is 0 Å². The molecule has 1 heterocycles. The van der Waals surface area contributed by atoms with Gasteiger partial charge < -0.3 is 10.3 Å². The summed E-state index contributed by atoms with van der Waals surface area (Å²) in [5.74, 6) is -0.366. The monoisotopic (exact) mass is 318 g/mol. The van der Waals surface area contributed by atoms with Crippen LogP contribution in [-0.2, 0) is 17.4 Å². The maximum atomic E-state index is 12.7. The lowest BCUT2D eigenvalue weighted by atomic mass is 10.1. The van der Waals surface area contributed by atoms with Crippen molar-refractivity contribution < 1.29 is 18.0 Å². The van der Waals surface area contributed by atoms with Crippen molar-refractivity contribution in [1.82, 2.24) is 4.98 Å². The van der Waals surface area contributed by atoms with E-state index in [1.54, 1.807) is 6.20 Å². The SMILES string of the molecule is O=C(Cc1ccc2cc[nH]c2c1)Nc1cccc(C(F)(F)F)c1. The lowest BCUT2D eigenvalue weighted by Gasteiger charge is -2.10. The quantitative estimate of drug-likeness (QED) is 0.740. The predicted molar refractivity (Wildman–Crippen MR) is 82.1 cm³/mol. The highest BCUT2D eigenvalue weighted by molar-refractivity contribution is 5.93. The Hall–Kier alpha value is -2.76. The van der Waals surface area contributed by atoms with E-state index in [2.05, 4.69) is 10.3 Å². The summed E-state index contributed by atoms with van der Waals surface area (Å²) in [6, 6.07) is 12.1. The number of carbonyl (C=O) groups is 1. The third-order valence-corrected chi connectivity index (χ3v) is 3.46. The van der Waals surface area contributed by atoms with E-state index in [0.717, 1.165) is 28.6 Å². The topological polar surface area (TPSA) is 44.9 Å². The molecular formula is C17H13F3N2O. The van der Waals surface area contributed by atoms with Crippen molar-refractivity contribution in [3.8, 4) is 0 Å². The molecule has 0 aliphatic rings. The van der Waals surface area contributed by atoms with E-state index in [9.17, 15) is 18.0 Å². The van der Waals surface area contributed by atoms with Crippen molar-refractivity contribution in [3.63, 3.8) is 0 Å². The molecular weight excluding hydrogens is 305 g/mol. The number of benzene rings is 2. The highest BCUT2D eigenvalue weighted by Gasteiger charge is 2.30. The second kappa shape index (κ2) is 5.79. The van der Waals surface area contributed by atoms with E-state index in [-0.39, 0.29) is 18.0 Å². The van der Waals surface area contributed by atoms with E-state index < -0.39 is 11.7 Å². The normalized spacial score (nSPS) is 11.6. The van der Waals surface area contributed by atoms with E-state index in [1.807, 2.05) is 24.3 Å². The highest BCUT2D eigenvalue weighted by Crippen LogP contribution is 2.30. The Kier molecular flexibility index (Phi) is 3.82. The van der Waals surface area contributed by atoms with Crippen LogP contribution in [0, 0.1) is 0 Å². The van der Waals surface area contributed by atoms with Crippen LogP contribution in [0.1, 0.15) is 11.1 Å². The first kappa shape index (κ1) is 15.1. The molecule has 0 atom stereocenters. The summed E-state index contributed by atoms with van der Waals surface area (Å²) < 4.78 is 38.0. The van der Waals surface area contributed by atoms with Gasteiger partial charge in [0.25, 0.3) is 0 Å². The Bertz CT molecular complexity index is 852. The van der Waals surface area contributed by atoms with E-state index >= 15 is 0 Å². The van der Waals surface area contributed by atoms with Crippen LogP contribution in [-0.4, -0.2) is 10.9 Å². The number of aromatic nitrogens is 1.